The normalized spacial score (nSPS) is 13.8. The Morgan fingerprint density at radius 2 is 2.29 bits per heavy atom. The van der Waals surface area contributed by atoms with E-state index < -0.39 is 22.0 Å². The van der Waals surface area contributed by atoms with E-state index in [0.29, 0.717) is 0 Å². The predicted molar refractivity (Wildman–Crippen MR) is 51.7 cm³/mol. The molecule has 0 unspecified atom stereocenters. The molecule has 0 aliphatic rings. The summed E-state index contributed by atoms with van der Waals surface area (Å²) in [5.74, 6) is -1.20. The molecule has 78 valence electrons. The first-order chi connectivity index (χ1) is 6.43. The standard InChI is InChI=1S/C7H9NO4S2/c1-5(7(9)10)8-14(11,12)6-3-2-4-13-6/h2-5,8H,1H3,(H,9,10)/t5-/m0/s1. The van der Waals surface area contributed by atoms with Crippen LogP contribution >= 0.6 is 11.3 Å². The van der Waals surface area contributed by atoms with Gasteiger partial charge in [0.2, 0.25) is 0 Å². The Morgan fingerprint density at radius 1 is 1.64 bits per heavy atom. The highest BCUT2D eigenvalue weighted by molar-refractivity contribution is 7.91. The zero-order valence-electron chi connectivity index (χ0n) is 7.30. The maximum absolute atomic E-state index is 11.4. The molecule has 1 heterocycles. The Labute approximate surface area is 85.4 Å². The number of thiophene rings is 1. The first kappa shape index (κ1) is 11.2. The fraction of sp³-hybridized carbons (Fsp3) is 0.286. The first-order valence-electron chi connectivity index (χ1n) is 3.72. The van der Waals surface area contributed by atoms with Gasteiger partial charge in [-0.1, -0.05) is 6.07 Å². The van der Waals surface area contributed by atoms with Gasteiger partial charge in [0.1, 0.15) is 10.3 Å². The van der Waals surface area contributed by atoms with Crippen molar-refractivity contribution in [2.45, 2.75) is 17.2 Å². The fourth-order valence-electron chi connectivity index (χ4n) is 0.758. The molecule has 1 aromatic heterocycles. The Morgan fingerprint density at radius 3 is 2.71 bits per heavy atom. The average molecular weight is 235 g/mol. The fourth-order valence-corrected chi connectivity index (χ4v) is 2.96. The molecule has 1 atom stereocenters. The molecule has 1 aromatic rings. The largest absolute Gasteiger partial charge is 0.480 e. The second-order valence-corrected chi connectivity index (χ2v) is 5.50. The summed E-state index contributed by atoms with van der Waals surface area (Å²) in [4.78, 5) is 10.4. The molecule has 0 aromatic carbocycles. The summed E-state index contributed by atoms with van der Waals surface area (Å²) in [5, 5.41) is 10.1. The van der Waals surface area contributed by atoms with Gasteiger partial charge in [0.25, 0.3) is 10.0 Å². The zero-order valence-corrected chi connectivity index (χ0v) is 8.93. The summed E-state index contributed by atoms with van der Waals surface area (Å²) in [6, 6.07) is 1.88. The minimum Gasteiger partial charge on any atom is -0.480 e. The van der Waals surface area contributed by atoms with Crippen LogP contribution in [0.5, 0.6) is 0 Å². The highest BCUT2D eigenvalue weighted by Gasteiger charge is 2.21. The molecule has 0 spiro atoms. The van der Waals surface area contributed by atoms with Crippen LogP contribution in [0.1, 0.15) is 6.92 Å². The second-order valence-electron chi connectivity index (χ2n) is 2.61. The highest BCUT2D eigenvalue weighted by Crippen LogP contribution is 2.15. The number of hydrogen-bond acceptors (Lipinski definition) is 4. The van der Waals surface area contributed by atoms with E-state index in [-0.39, 0.29) is 4.21 Å². The lowest BCUT2D eigenvalue weighted by Crippen LogP contribution is -2.37. The van der Waals surface area contributed by atoms with Crippen LogP contribution in [0.15, 0.2) is 21.7 Å². The van der Waals surface area contributed by atoms with Crippen molar-refractivity contribution in [3.8, 4) is 0 Å². The van der Waals surface area contributed by atoms with Crippen LogP contribution in [0.25, 0.3) is 0 Å². The van der Waals surface area contributed by atoms with Crippen molar-refractivity contribution in [3.63, 3.8) is 0 Å². The molecule has 1 rings (SSSR count). The highest BCUT2D eigenvalue weighted by atomic mass is 32.2. The van der Waals surface area contributed by atoms with Crippen LogP contribution in [-0.4, -0.2) is 25.5 Å². The quantitative estimate of drug-likeness (QED) is 0.796. The zero-order chi connectivity index (χ0) is 10.8. The van der Waals surface area contributed by atoms with Crippen LogP contribution in [0.3, 0.4) is 0 Å². The predicted octanol–water partition coefficient (Wildman–Crippen LogP) is 0.500. The molecule has 0 saturated carbocycles. The molecule has 0 aliphatic carbocycles. The number of sulfonamides is 1. The third-order valence-electron chi connectivity index (χ3n) is 1.46. The molecule has 0 amide bonds. The summed E-state index contributed by atoms with van der Waals surface area (Å²) >= 11 is 1.04. The van der Waals surface area contributed by atoms with Crippen molar-refractivity contribution in [1.29, 1.82) is 0 Å². The molecule has 5 nitrogen and oxygen atoms in total. The van der Waals surface area contributed by atoms with Gasteiger partial charge in [-0.2, -0.15) is 4.72 Å². The summed E-state index contributed by atoms with van der Waals surface area (Å²) < 4.78 is 25.0. The number of carboxylic acid groups (broad SMARTS) is 1. The van der Waals surface area contributed by atoms with Gasteiger partial charge in [0.15, 0.2) is 0 Å². The van der Waals surface area contributed by atoms with Crippen molar-refractivity contribution >= 4 is 27.3 Å². The molecule has 0 aliphatic heterocycles. The maximum Gasteiger partial charge on any atom is 0.321 e. The van der Waals surface area contributed by atoms with E-state index in [1.807, 2.05) is 4.72 Å². The van der Waals surface area contributed by atoms with Crippen LogP contribution in [0, 0.1) is 0 Å². The van der Waals surface area contributed by atoms with Crippen molar-refractivity contribution in [1.82, 2.24) is 4.72 Å². The van der Waals surface area contributed by atoms with E-state index in [2.05, 4.69) is 0 Å². The van der Waals surface area contributed by atoms with Gasteiger partial charge in [-0.15, -0.1) is 11.3 Å². The molecule has 14 heavy (non-hydrogen) atoms. The van der Waals surface area contributed by atoms with Crippen molar-refractivity contribution in [2.75, 3.05) is 0 Å². The number of carbonyl (C=O) groups is 1. The number of nitrogens with one attached hydrogen (secondary N) is 1. The molecule has 2 N–H and O–H groups in total. The third-order valence-corrected chi connectivity index (χ3v) is 4.40. The SMILES string of the molecule is C[C@H](NS(=O)(=O)c1cccs1)C(=O)O. The van der Waals surface area contributed by atoms with Gasteiger partial charge in [-0.25, -0.2) is 8.42 Å². The lowest BCUT2D eigenvalue weighted by atomic mass is 10.4. The lowest BCUT2D eigenvalue weighted by Gasteiger charge is -2.07. The topological polar surface area (TPSA) is 83.5 Å². The maximum atomic E-state index is 11.4. The Kier molecular flexibility index (Phi) is 3.25. The third kappa shape index (κ3) is 2.53. The van der Waals surface area contributed by atoms with Crippen LogP contribution in [0.2, 0.25) is 0 Å². The van der Waals surface area contributed by atoms with Gasteiger partial charge >= 0.3 is 5.97 Å². The van der Waals surface area contributed by atoms with Gasteiger partial charge < -0.3 is 5.11 Å². The molecular formula is C7H9NO4S2. The van der Waals surface area contributed by atoms with E-state index in [1.165, 1.54) is 13.0 Å². The minimum atomic E-state index is -3.67. The average Bonchev–Trinajstić information content (AvgIpc) is 2.54. The number of aliphatic carboxylic acids is 1. The summed E-state index contributed by atoms with van der Waals surface area (Å²) in [5.41, 5.74) is 0. The van der Waals surface area contributed by atoms with E-state index in [9.17, 15) is 13.2 Å². The van der Waals surface area contributed by atoms with Gasteiger partial charge in [-0.3, -0.25) is 4.79 Å². The Hall–Kier alpha value is -0.920. The summed E-state index contributed by atoms with van der Waals surface area (Å²) in [6.07, 6.45) is 0. The molecule has 0 radical (unpaired) electrons. The summed E-state index contributed by atoms with van der Waals surface area (Å²) in [7, 11) is -3.67. The number of carboxylic acids is 1. The smallest absolute Gasteiger partial charge is 0.321 e. The Bertz CT molecular complexity index is 409. The van der Waals surface area contributed by atoms with E-state index in [0.717, 1.165) is 11.3 Å². The summed E-state index contributed by atoms with van der Waals surface area (Å²) in [6.45, 7) is 1.27. The van der Waals surface area contributed by atoms with Gasteiger partial charge in [0, 0.05) is 0 Å². The van der Waals surface area contributed by atoms with E-state index in [1.54, 1.807) is 11.4 Å². The van der Waals surface area contributed by atoms with Gasteiger partial charge in [0.05, 0.1) is 0 Å². The molecular weight excluding hydrogens is 226 g/mol. The van der Waals surface area contributed by atoms with Crippen LogP contribution < -0.4 is 4.72 Å². The number of rotatable bonds is 4. The van der Waals surface area contributed by atoms with Crippen molar-refractivity contribution in [3.05, 3.63) is 17.5 Å². The van der Waals surface area contributed by atoms with Crippen molar-refractivity contribution < 1.29 is 18.3 Å². The van der Waals surface area contributed by atoms with E-state index in [4.69, 9.17) is 5.11 Å². The molecule has 0 saturated heterocycles. The Balaban J connectivity index is 2.84. The van der Waals surface area contributed by atoms with Crippen LogP contribution in [0.4, 0.5) is 0 Å². The van der Waals surface area contributed by atoms with Gasteiger partial charge in [-0.05, 0) is 18.4 Å². The minimum absolute atomic E-state index is 0.116. The monoisotopic (exact) mass is 235 g/mol. The lowest BCUT2D eigenvalue weighted by molar-refractivity contribution is -0.138. The van der Waals surface area contributed by atoms with Crippen molar-refractivity contribution in [2.24, 2.45) is 0 Å². The molecule has 0 bridgehead atoms. The second kappa shape index (κ2) is 4.07. The first-order valence-corrected chi connectivity index (χ1v) is 6.08. The number of hydrogen-bond donors (Lipinski definition) is 2. The van der Waals surface area contributed by atoms with E-state index >= 15 is 0 Å². The molecule has 0 fully saturated rings. The van der Waals surface area contributed by atoms with Crippen LogP contribution in [-0.2, 0) is 14.8 Å². The molecule has 7 heteroatoms.